The van der Waals surface area contributed by atoms with Crippen LogP contribution in [0, 0.1) is 0 Å². The number of nitrogens with one attached hydrogen (secondary N) is 1. The van der Waals surface area contributed by atoms with Crippen LogP contribution < -0.4 is 11.1 Å². The van der Waals surface area contributed by atoms with Crippen molar-refractivity contribution in [2.45, 2.75) is 6.18 Å². The van der Waals surface area contributed by atoms with E-state index in [9.17, 15) is 18.0 Å². The van der Waals surface area contributed by atoms with Crippen molar-refractivity contribution in [3.63, 3.8) is 0 Å². The second kappa shape index (κ2) is 6.57. The molecular formula is C13H16F3N3OS. The molecule has 116 valence electrons. The lowest BCUT2D eigenvalue weighted by Crippen LogP contribution is -2.38. The second-order valence-electron chi connectivity index (χ2n) is 4.74. The van der Waals surface area contributed by atoms with Crippen LogP contribution in [0.4, 0.5) is 24.5 Å². The van der Waals surface area contributed by atoms with Gasteiger partial charge in [-0.1, -0.05) is 0 Å². The van der Waals surface area contributed by atoms with Crippen molar-refractivity contribution in [2.75, 3.05) is 42.2 Å². The summed E-state index contributed by atoms with van der Waals surface area (Å²) in [5.74, 6) is 1.69. The zero-order valence-electron chi connectivity index (χ0n) is 11.2. The molecule has 1 aliphatic heterocycles. The van der Waals surface area contributed by atoms with Gasteiger partial charge in [-0.05, 0) is 18.2 Å². The maximum Gasteiger partial charge on any atom is 0.416 e. The number of nitrogen functional groups attached to an aromatic ring is 1. The van der Waals surface area contributed by atoms with Crippen LogP contribution in [-0.4, -0.2) is 41.9 Å². The monoisotopic (exact) mass is 319 g/mol. The lowest BCUT2D eigenvalue weighted by atomic mass is 10.1. The number of carbonyl (C=O) groups excluding carboxylic acids is 1. The van der Waals surface area contributed by atoms with E-state index in [0.29, 0.717) is 0 Å². The van der Waals surface area contributed by atoms with Gasteiger partial charge in [-0.15, -0.1) is 0 Å². The maximum absolute atomic E-state index is 12.5. The van der Waals surface area contributed by atoms with E-state index in [1.807, 2.05) is 16.7 Å². The summed E-state index contributed by atoms with van der Waals surface area (Å²) < 4.78 is 37.6. The predicted molar refractivity (Wildman–Crippen MR) is 78.3 cm³/mol. The van der Waals surface area contributed by atoms with Gasteiger partial charge in [-0.25, -0.2) is 0 Å². The number of amides is 1. The molecule has 0 saturated carbocycles. The highest BCUT2D eigenvalue weighted by molar-refractivity contribution is 7.99. The Morgan fingerprint density at radius 2 is 2.00 bits per heavy atom. The highest BCUT2D eigenvalue weighted by Gasteiger charge is 2.30. The molecule has 4 nitrogen and oxygen atoms in total. The number of halogens is 3. The van der Waals surface area contributed by atoms with Gasteiger partial charge in [0.1, 0.15) is 0 Å². The first-order valence-electron chi connectivity index (χ1n) is 6.43. The summed E-state index contributed by atoms with van der Waals surface area (Å²) in [4.78, 5) is 13.9. The summed E-state index contributed by atoms with van der Waals surface area (Å²) in [6.07, 6.45) is -4.44. The number of alkyl halides is 3. The van der Waals surface area contributed by atoms with Gasteiger partial charge in [0, 0.05) is 24.6 Å². The van der Waals surface area contributed by atoms with Gasteiger partial charge in [-0.3, -0.25) is 9.69 Å². The standard InChI is InChI=1S/C13H16F3N3OS/c14-13(15,16)9-1-2-11(10(17)7-9)18-12(20)8-19-3-5-21-6-4-19/h1-2,7H,3-6,8,17H2,(H,18,20). The van der Waals surface area contributed by atoms with Crippen molar-refractivity contribution in [2.24, 2.45) is 0 Å². The molecule has 0 spiro atoms. The summed E-state index contributed by atoms with van der Waals surface area (Å²) >= 11 is 1.84. The molecule has 0 radical (unpaired) electrons. The molecule has 1 heterocycles. The minimum absolute atomic E-state index is 0.0904. The number of hydrogen-bond donors (Lipinski definition) is 2. The van der Waals surface area contributed by atoms with Crippen LogP contribution in [0.25, 0.3) is 0 Å². The van der Waals surface area contributed by atoms with Crippen molar-refractivity contribution < 1.29 is 18.0 Å². The molecule has 21 heavy (non-hydrogen) atoms. The highest BCUT2D eigenvalue weighted by atomic mass is 32.2. The molecular weight excluding hydrogens is 303 g/mol. The quantitative estimate of drug-likeness (QED) is 0.839. The fourth-order valence-electron chi connectivity index (χ4n) is 2.00. The number of benzene rings is 1. The molecule has 2 rings (SSSR count). The van der Waals surface area contributed by atoms with Crippen LogP contribution in [0.5, 0.6) is 0 Å². The Morgan fingerprint density at radius 3 is 2.57 bits per heavy atom. The van der Waals surface area contributed by atoms with Crippen molar-refractivity contribution in [1.82, 2.24) is 4.90 Å². The smallest absolute Gasteiger partial charge is 0.397 e. The van der Waals surface area contributed by atoms with Gasteiger partial charge >= 0.3 is 6.18 Å². The number of hydrogen-bond acceptors (Lipinski definition) is 4. The first kappa shape index (κ1) is 16.0. The SMILES string of the molecule is Nc1cc(C(F)(F)F)ccc1NC(=O)CN1CCSCC1. The summed E-state index contributed by atoms with van der Waals surface area (Å²) in [6.45, 7) is 1.89. The third kappa shape index (κ3) is 4.53. The Balaban J connectivity index is 1.97. The number of carbonyl (C=O) groups is 1. The molecule has 0 atom stereocenters. The van der Waals surface area contributed by atoms with Crippen LogP contribution in [0.1, 0.15) is 5.56 Å². The van der Waals surface area contributed by atoms with Crippen LogP contribution in [0.2, 0.25) is 0 Å². The van der Waals surface area contributed by atoms with E-state index < -0.39 is 11.7 Å². The topological polar surface area (TPSA) is 58.4 Å². The molecule has 1 amide bonds. The summed E-state index contributed by atoms with van der Waals surface area (Å²) in [5, 5.41) is 2.56. The van der Waals surface area contributed by atoms with E-state index in [4.69, 9.17) is 5.73 Å². The number of nitrogens with two attached hydrogens (primary N) is 1. The summed E-state index contributed by atoms with van der Waals surface area (Å²) in [5.41, 5.74) is 4.86. The van der Waals surface area contributed by atoms with Crippen molar-refractivity contribution in [1.29, 1.82) is 0 Å². The molecule has 1 fully saturated rings. The average Bonchev–Trinajstić information content (AvgIpc) is 2.41. The molecule has 8 heteroatoms. The molecule has 0 aromatic heterocycles. The number of rotatable bonds is 3. The minimum Gasteiger partial charge on any atom is -0.397 e. The molecule has 3 N–H and O–H groups in total. The lowest BCUT2D eigenvalue weighted by molar-refractivity contribution is -0.137. The van der Waals surface area contributed by atoms with Crippen LogP contribution >= 0.6 is 11.8 Å². The van der Waals surface area contributed by atoms with Gasteiger partial charge in [0.05, 0.1) is 23.5 Å². The molecule has 1 saturated heterocycles. The van der Waals surface area contributed by atoms with Gasteiger partial charge in [0.25, 0.3) is 0 Å². The van der Waals surface area contributed by atoms with Crippen LogP contribution in [0.3, 0.4) is 0 Å². The van der Waals surface area contributed by atoms with E-state index in [1.165, 1.54) is 6.07 Å². The van der Waals surface area contributed by atoms with Gasteiger partial charge < -0.3 is 11.1 Å². The van der Waals surface area contributed by atoms with E-state index in [0.717, 1.165) is 36.7 Å². The first-order chi connectivity index (χ1) is 9.86. The molecule has 0 unspecified atom stereocenters. The number of thioether (sulfide) groups is 1. The molecule has 1 aliphatic rings. The van der Waals surface area contributed by atoms with E-state index in [2.05, 4.69) is 5.32 Å². The van der Waals surface area contributed by atoms with E-state index in [-0.39, 0.29) is 23.8 Å². The minimum atomic E-state index is -4.44. The number of nitrogens with zero attached hydrogens (tertiary/aromatic N) is 1. The fourth-order valence-corrected chi connectivity index (χ4v) is 2.98. The Labute approximate surface area is 124 Å². The Morgan fingerprint density at radius 1 is 1.33 bits per heavy atom. The number of anilines is 2. The van der Waals surface area contributed by atoms with E-state index >= 15 is 0 Å². The average molecular weight is 319 g/mol. The van der Waals surface area contributed by atoms with Crippen LogP contribution in [0.15, 0.2) is 18.2 Å². The second-order valence-corrected chi connectivity index (χ2v) is 5.96. The predicted octanol–water partition coefficient (Wildman–Crippen LogP) is 2.27. The highest BCUT2D eigenvalue weighted by Crippen LogP contribution is 2.32. The van der Waals surface area contributed by atoms with Crippen molar-refractivity contribution in [3.05, 3.63) is 23.8 Å². The van der Waals surface area contributed by atoms with Gasteiger partial charge in [0.2, 0.25) is 5.91 Å². The zero-order chi connectivity index (χ0) is 15.5. The van der Waals surface area contributed by atoms with E-state index in [1.54, 1.807) is 0 Å². The van der Waals surface area contributed by atoms with Gasteiger partial charge in [0.15, 0.2) is 0 Å². The summed E-state index contributed by atoms with van der Waals surface area (Å²) in [7, 11) is 0. The van der Waals surface area contributed by atoms with Crippen molar-refractivity contribution in [3.8, 4) is 0 Å². The fraction of sp³-hybridized carbons (Fsp3) is 0.462. The van der Waals surface area contributed by atoms with Crippen molar-refractivity contribution >= 4 is 29.0 Å². The Hall–Kier alpha value is -1.41. The molecule has 1 aromatic carbocycles. The Kier molecular flexibility index (Phi) is 5.00. The van der Waals surface area contributed by atoms with Crippen LogP contribution in [-0.2, 0) is 11.0 Å². The lowest BCUT2D eigenvalue weighted by Gasteiger charge is -2.25. The third-order valence-electron chi connectivity index (χ3n) is 3.12. The normalized spacial score (nSPS) is 16.7. The molecule has 1 aromatic rings. The largest absolute Gasteiger partial charge is 0.416 e. The molecule has 0 bridgehead atoms. The zero-order valence-corrected chi connectivity index (χ0v) is 12.1. The third-order valence-corrected chi connectivity index (χ3v) is 4.07. The molecule has 0 aliphatic carbocycles. The summed E-state index contributed by atoms with van der Waals surface area (Å²) in [6, 6.07) is 2.92. The first-order valence-corrected chi connectivity index (χ1v) is 7.58. The maximum atomic E-state index is 12.5. The van der Waals surface area contributed by atoms with Gasteiger partial charge in [-0.2, -0.15) is 24.9 Å². The Bertz CT molecular complexity index is 516.